The average molecular weight is 284 g/mol. The lowest BCUT2D eigenvalue weighted by molar-refractivity contribution is -0.126. The highest BCUT2D eigenvalue weighted by Crippen LogP contribution is 2.21. The predicted molar refractivity (Wildman–Crippen MR) is 72.9 cm³/mol. The van der Waals surface area contributed by atoms with Gasteiger partial charge in [-0.25, -0.2) is 0 Å². The van der Waals surface area contributed by atoms with Crippen LogP contribution in [0.3, 0.4) is 0 Å². The van der Waals surface area contributed by atoms with Crippen LogP contribution in [0.1, 0.15) is 25.0 Å². The zero-order valence-electron chi connectivity index (χ0n) is 10.8. The van der Waals surface area contributed by atoms with E-state index < -0.39 is 6.10 Å². The first kappa shape index (κ1) is 14.3. The number of hydrogen-bond acceptors (Lipinski definition) is 3. The minimum absolute atomic E-state index is 0.0484. The van der Waals surface area contributed by atoms with Crippen LogP contribution in [0.4, 0.5) is 0 Å². The first-order valence-electron chi connectivity index (χ1n) is 6.41. The summed E-state index contributed by atoms with van der Waals surface area (Å²) in [5.74, 6) is -0.171. The Morgan fingerprint density at radius 3 is 2.79 bits per heavy atom. The van der Waals surface area contributed by atoms with E-state index in [1.807, 2.05) is 6.92 Å². The topological polar surface area (TPSA) is 58.6 Å². The quantitative estimate of drug-likeness (QED) is 0.887. The van der Waals surface area contributed by atoms with Crippen molar-refractivity contribution in [2.24, 2.45) is 5.92 Å². The molecule has 0 spiro atoms. The third-order valence-electron chi connectivity index (χ3n) is 3.44. The van der Waals surface area contributed by atoms with Crippen molar-refractivity contribution < 1.29 is 14.6 Å². The van der Waals surface area contributed by atoms with E-state index in [1.54, 1.807) is 24.3 Å². The smallest absolute Gasteiger partial charge is 0.225 e. The van der Waals surface area contributed by atoms with Gasteiger partial charge in [0, 0.05) is 18.2 Å². The summed E-state index contributed by atoms with van der Waals surface area (Å²) in [6, 6.07) is 6.94. The molecular weight excluding hydrogens is 266 g/mol. The first-order valence-corrected chi connectivity index (χ1v) is 6.78. The molecule has 3 unspecified atom stereocenters. The molecule has 1 amide bonds. The van der Waals surface area contributed by atoms with E-state index in [1.165, 1.54) is 0 Å². The molecule has 1 aliphatic rings. The van der Waals surface area contributed by atoms with Crippen LogP contribution in [0.15, 0.2) is 24.3 Å². The molecule has 2 rings (SSSR count). The summed E-state index contributed by atoms with van der Waals surface area (Å²) in [5, 5.41) is 13.4. The first-order chi connectivity index (χ1) is 9.08. The van der Waals surface area contributed by atoms with E-state index in [0.29, 0.717) is 11.6 Å². The Morgan fingerprint density at radius 2 is 2.21 bits per heavy atom. The molecule has 5 heteroatoms. The number of carbonyl (C=O) groups is 1. The van der Waals surface area contributed by atoms with Crippen LogP contribution < -0.4 is 5.32 Å². The van der Waals surface area contributed by atoms with Crippen molar-refractivity contribution in [3.8, 4) is 0 Å². The fourth-order valence-electron chi connectivity index (χ4n) is 2.21. The molecule has 1 fully saturated rings. The van der Waals surface area contributed by atoms with Crippen molar-refractivity contribution >= 4 is 17.5 Å². The largest absolute Gasteiger partial charge is 0.387 e. The molecule has 1 aliphatic heterocycles. The second-order valence-electron chi connectivity index (χ2n) is 4.78. The third kappa shape index (κ3) is 3.69. The number of halogens is 1. The van der Waals surface area contributed by atoms with Crippen LogP contribution in [0.2, 0.25) is 5.02 Å². The van der Waals surface area contributed by atoms with Gasteiger partial charge in [-0.2, -0.15) is 0 Å². The van der Waals surface area contributed by atoms with E-state index in [0.717, 1.165) is 12.0 Å². The molecule has 0 saturated carbocycles. The molecule has 1 saturated heterocycles. The SMILES string of the molecule is CC1OCCC1C(=O)NCC(O)c1ccc(Cl)cc1. The van der Waals surface area contributed by atoms with Gasteiger partial charge < -0.3 is 15.2 Å². The molecular formula is C14H18ClNO3. The number of carbonyl (C=O) groups excluding carboxylic acids is 1. The number of ether oxygens (including phenoxy) is 1. The van der Waals surface area contributed by atoms with Gasteiger partial charge in [-0.15, -0.1) is 0 Å². The highest BCUT2D eigenvalue weighted by molar-refractivity contribution is 6.30. The highest BCUT2D eigenvalue weighted by atomic mass is 35.5. The van der Waals surface area contributed by atoms with Gasteiger partial charge in [0.2, 0.25) is 5.91 Å². The van der Waals surface area contributed by atoms with Gasteiger partial charge in [-0.1, -0.05) is 23.7 Å². The van der Waals surface area contributed by atoms with Crippen molar-refractivity contribution in [2.75, 3.05) is 13.2 Å². The van der Waals surface area contributed by atoms with E-state index >= 15 is 0 Å². The third-order valence-corrected chi connectivity index (χ3v) is 3.69. The standard InChI is InChI=1S/C14H18ClNO3/c1-9-12(6-7-19-9)14(18)16-8-13(17)10-2-4-11(15)5-3-10/h2-5,9,12-13,17H,6-8H2,1H3,(H,16,18). The summed E-state index contributed by atoms with van der Waals surface area (Å²) in [6.45, 7) is 2.72. The monoisotopic (exact) mass is 283 g/mol. The summed E-state index contributed by atoms with van der Waals surface area (Å²) >= 11 is 5.78. The van der Waals surface area contributed by atoms with Crippen LogP contribution >= 0.6 is 11.6 Å². The van der Waals surface area contributed by atoms with Crippen LogP contribution in [0.5, 0.6) is 0 Å². The Hall–Kier alpha value is -1.10. The summed E-state index contributed by atoms with van der Waals surface area (Å²) < 4.78 is 5.35. The molecule has 3 atom stereocenters. The summed E-state index contributed by atoms with van der Waals surface area (Å²) in [5.41, 5.74) is 0.737. The van der Waals surface area contributed by atoms with Crippen molar-refractivity contribution in [1.29, 1.82) is 0 Å². The Kier molecular flexibility index (Phi) is 4.80. The van der Waals surface area contributed by atoms with Crippen LogP contribution in [0, 0.1) is 5.92 Å². The second kappa shape index (κ2) is 6.37. The highest BCUT2D eigenvalue weighted by Gasteiger charge is 2.30. The molecule has 0 radical (unpaired) electrons. The molecule has 1 aromatic rings. The fraction of sp³-hybridized carbons (Fsp3) is 0.500. The Morgan fingerprint density at radius 1 is 1.53 bits per heavy atom. The van der Waals surface area contributed by atoms with Crippen molar-refractivity contribution in [3.63, 3.8) is 0 Å². The van der Waals surface area contributed by atoms with E-state index in [4.69, 9.17) is 16.3 Å². The number of aliphatic hydroxyl groups excluding tert-OH is 1. The molecule has 0 aliphatic carbocycles. The lowest BCUT2D eigenvalue weighted by atomic mass is 10.0. The molecule has 0 bridgehead atoms. The molecule has 1 aromatic carbocycles. The lowest BCUT2D eigenvalue weighted by Crippen LogP contribution is -2.36. The molecule has 0 aromatic heterocycles. The molecule has 4 nitrogen and oxygen atoms in total. The van der Waals surface area contributed by atoms with Gasteiger partial charge in [-0.05, 0) is 31.0 Å². The fourth-order valence-corrected chi connectivity index (χ4v) is 2.33. The maximum atomic E-state index is 11.9. The maximum absolute atomic E-state index is 11.9. The van der Waals surface area contributed by atoms with Crippen molar-refractivity contribution in [3.05, 3.63) is 34.9 Å². The number of amides is 1. The number of rotatable bonds is 4. The van der Waals surface area contributed by atoms with Crippen LogP contribution in [-0.4, -0.2) is 30.3 Å². The van der Waals surface area contributed by atoms with E-state index in [2.05, 4.69) is 5.32 Å². The number of aliphatic hydroxyl groups is 1. The summed E-state index contributed by atoms with van der Waals surface area (Å²) in [6.07, 6.45) is -0.0316. The van der Waals surface area contributed by atoms with Gasteiger partial charge in [0.05, 0.1) is 18.1 Å². The number of hydrogen-bond donors (Lipinski definition) is 2. The van der Waals surface area contributed by atoms with Gasteiger partial charge in [0.15, 0.2) is 0 Å². The Labute approximate surface area is 117 Å². The van der Waals surface area contributed by atoms with E-state index in [9.17, 15) is 9.90 Å². The van der Waals surface area contributed by atoms with Crippen molar-refractivity contribution in [2.45, 2.75) is 25.6 Å². The van der Waals surface area contributed by atoms with Gasteiger partial charge >= 0.3 is 0 Å². The molecule has 2 N–H and O–H groups in total. The van der Waals surface area contributed by atoms with Crippen LogP contribution in [0.25, 0.3) is 0 Å². The second-order valence-corrected chi connectivity index (χ2v) is 5.22. The van der Waals surface area contributed by atoms with Gasteiger partial charge in [0.1, 0.15) is 0 Å². The number of nitrogens with one attached hydrogen (secondary N) is 1. The van der Waals surface area contributed by atoms with Gasteiger partial charge in [0.25, 0.3) is 0 Å². The van der Waals surface area contributed by atoms with Crippen molar-refractivity contribution in [1.82, 2.24) is 5.32 Å². The molecule has 19 heavy (non-hydrogen) atoms. The zero-order valence-corrected chi connectivity index (χ0v) is 11.6. The maximum Gasteiger partial charge on any atom is 0.225 e. The minimum Gasteiger partial charge on any atom is -0.387 e. The summed E-state index contributed by atoms with van der Waals surface area (Å²) in [4.78, 5) is 11.9. The lowest BCUT2D eigenvalue weighted by Gasteiger charge is -2.16. The zero-order chi connectivity index (χ0) is 13.8. The predicted octanol–water partition coefficient (Wildman–Crippen LogP) is 1.91. The minimum atomic E-state index is -0.723. The van der Waals surface area contributed by atoms with Crippen LogP contribution in [-0.2, 0) is 9.53 Å². The van der Waals surface area contributed by atoms with E-state index in [-0.39, 0.29) is 24.5 Å². The van der Waals surface area contributed by atoms with Gasteiger partial charge in [-0.3, -0.25) is 4.79 Å². The average Bonchev–Trinajstić information content (AvgIpc) is 2.83. The Bertz CT molecular complexity index is 435. The molecule has 104 valence electrons. The molecule has 1 heterocycles. The summed E-state index contributed by atoms with van der Waals surface area (Å²) in [7, 11) is 0. The number of benzene rings is 1. The normalized spacial score (nSPS) is 24.2. The Balaban J connectivity index is 1.84.